The number of thiophene rings is 1. The van der Waals surface area contributed by atoms with E-state index in [0.29, 0.717) is 19.1 Å². The lowest BCUT2D eigenvalue weighted by molar-refractivity contribution is 0.321. The zero-order valence-corrected chi connectivity index (χ0v) is 17.9. The van der Waals surface area contributed by atoms with Crippen LogP contribution in [0.2, 0.25) is 0 Å². The minimum absolute atomic E-state index is 0. The van der Waals surface area contributed by atoms with Crippen molar-refractivity contribution in [3.05, 3.63) is 52.0 Å². The summed E-state index contributed by atoms with van der Waals surface area (Å²) in [5.41, 5.74) is 0.803. The molecule has 0 saturated heterocycles. The van der Waals surface area contributed by atoms with E-state index in [1.165, 1.54) is 10.9 Å². The molecule has 0 aliphatic rings. The average Bonchev–Trinajstić information content (AvgIpc) is 3.10. The van der Waals surface area contributed by atoms with Gasteiger partial charge in [-0.2, -0.15) is 0 Å². The molecule has 0 saturated carbocycles. The molecule has 1 unspecified atom stereocenters. The van der Waals surface area contributed by atoms with Crippen molar-refractivity contribution < 1.29 is 9.13 Å². The summed E-state index contributed by atoms with van der Waals surface area (Å²) in [4.78, 5) is 5.79. The van der Waals surface area contributed by atoms with E-state index in [-0.39, 0.29) is 41.6 Å². The fourth-order valence-corrected chi connectivity index (χ4v) is 2.95. The van der Waals surface area contributed by atoms with Crippen LogP contribution in [0.25, 0.3) is 0 Å². The molecule has 4 nitrogen and oxygen atoms in total. The summed E-state index contributed by atoms with van der Waals surface area (Å²) < 4.78 is 19.1. The Bertz CT molecular complexity index is 664. The summed E-state index contributed by atoms with van der Waals surface area (Å²) in [6, 6.07) is 9.25. The average molecular weight is 477 g/mol. The maximum Gasteiger partial charge on any atom is 0.192 e. The van der Waals surface area contributed by atoms with E-state index >= 15 is 0 Å². The molecular formula is C18H25FIN3OS. The van der Waals surface area contributed by atoms with Crippen LogP contribution in [0.4, 0.5) is 4.39 Å². The van der Waals surface area contributed by atoms with Gasteiger partial charge in [-0.05, 0) is 49.9 Å². The molecule has 2 rings (SSSR count). The number of hydrogen-bond acceptors (Lipinski definition) is 3. The van der Waals surface area contributed by atoms with Crippen molar-refractivity contribution in [3.63, 3.8) is 0 Å². The normalized spacial score (nSPS) is 12.2. The number of guanidine groups is 1. The lowest BCUT2D eigenvalue weighted by Gasteiger charge is -2.16. The minimum Gasteiger partial charge on any atom is -0.491 e. The van der Waals surface area contributed by atoms with Gasteiger partial charge in [0.15, 0.2) is 17.5 Å². The van der Waals surface area contributed by atoms with Gasteiger partial charge in [0, 0.05) is 11.4 Å². The van der Waals surface area contributed by atoms with Crippen molar-refractivity contribution in [1.29, 1.82) is 0 Å². The molecule has 25 heavy (non-hydrogen) atoms. The second-order valence-electron chi connectivity index (χ2n) is 5.27. The molecule has 1 heterocycles. The quantitative estimate of drug-likeness (QED) is 0.345. The summed E-state index contributed by atoms with van der Waals surface area (Å²) in [6.45, 7) is 7.56. The van der Waals surface area contributed by atoms with Crippen molar-refractivity contribution in [2.24, 2.45) is 4.99 Å². The smallest absolute Gasteiger partial charge is 0.192 e. The van der Waals surface area contributed by atoms with E-state index < -0.39 is 0 Å². The lowest BCUT2D eigenvalue weighted by atomic mass is 10.2. The van der Waals surface area contributed by atoms with Crippen LogP contribution in [0.3, 0.4) is 0 Å². The van der Waals surface area contributed by atoms with E-state index in [4.69, 9.17) is 4.74 Å². The highest BCUT2D eigenvalue weighted by Gasteiger charge is 2.09. The summed E-state index contributed by atoms with van der Waals surface area (Å²) in [6.07, 6.45) is 0. The van der Waals surface area contributed by atoms with Crippen LogP contribution in [0, 0.1) is 5.82 Å². The molecule has 0 aliphatic carbocycles. The number of halogens is 2. The minimum atomic E-state index is -0.352. The first-order valence-electron chi connectivity index (χ1n) is 8.13. The highest BCUT2D eigenvalue weighted by atomic mass is 127. The molecule has 1 atom stereocenters. The number of rotatable bonds is 7. The summed E-state index contributed by atoms with van der Waals surface area (Å²) in [5.74, 6) is 0.642. The van der Waals surface area contributed by atoms with Gasteiger partial charge in [0.2, 0.25) is 0 Å². The van der Waals surface area contributed by atoms with Crippen molar-refractivity contribution >= 4 is 41.3 Å². The highest BCUT2D eigenvalue weighted by molar-refractivity contribution is 14.0. The monoisotopic (exact) mass is 477 g/mol. The van der Waals surface area contributed by atoms with Gasteiger partial charge in [-0.1, -0.05) is 12.1 Å². The van der Waals surface area contributed by atoms with Crippen molar-refractivity contribution in [3.8, 4) is 5.75 Å². The Morgan fingerprint density at radius 2 is 2.12 bits per heavy atom. The van der Waals surface area contributed by atoms with Crippen LogP contribution >= 0.6 is 35.3 Å². The lowest BCUT2D eigenvalue weighted by Crippen LogP contribution is -2.38. The second-order valence-corrected chi connectivity index (χ2v) is 6.25. The zero-order valence-electron chi connectivity index (χ0n) is 14.7. The van der Waals surface area contributed by atoms with E-state index in [0.717, 1.165) is 12.1 Å². The van der Waals surface area contributed by atoms with E-state index in [1.54, 1.807) is 17.4 Å². The molecule has 2 N–H and O–H groups in total. The Morgan fingerprint density at radius 3 is 2.72 bits per heavy atom. The molecule has 0 amide bonds. The van der Waals surface area contributed by atoms with Gasteiger partial charge >= 0.3 is 0 Å². The maximum absolute atomic E-state index is 13.9. The van der Waals surface area contributed by atoms with Gasteiger partial charge in [-0.25, -0.2) is 9.38 Å². The van der Waals surface area contributed by atoms with Crippen molar-refractivity contribution in [2.45, 2.75) is 33.4 Å². The van der Waals surface area contributed by atoms with Crippen LogP contribution in [0.15, 0.2) is 40.7 Å². The number of nitrogens with zero attached hydrogens (tertiary/aromatic N) is 1. The molecule has 7 heteroatoms. The molecule has 138 valence electrons. The number of ether oxygens (including phenoxy) is 1. The zero-order chi connectivity index (χ0) is 17.4. The molecule has 0 aliphatic heterocycles. The van der Waals surface area contributed by atoms with E-state index in [1.807, 2.05) is 26.0 Å². The highest BCUT2D eigenvalue weighted by Crippen LogP contribution is 2.19. The first-order chi connectivity index (χ1) is 11.6. The van der Waals surface area contributed by atoms with Crippen LogP contribution in [-0.2, 0) is 6.54 Å². The Morgan fingerprint density at radius 1 is 1.32 bits per heavy atom. The summed E-state index contributed by atoms with van der Waals surface area (Å²) in [7, 11) is 0. The maximum atomic E-state index is 13.9. The van der Waals surface area contributed by atoms with E-state index in [2.05, 4.69) is 34.0 Å². The van der Waals surface area contributed by atoms with Gasteiger partial charge in [-0.3, -0.25) is 0 Å². The molecular weight excluding hydrogens is 452 g/mol. The van der Waals surface area contributed by atoms with Crippen LogP contribution < -0.4 is 15.4 Å². The predicted octanol–water partition coefficient (Wildman–Crippen LogP) is 4.72. The third-order valence-corrected chi connectivity index (χ3v) is 4.44. The van der Waals surface area contributed by atoms with Gasteiger partial charge in [0.1, 0.15) is 0 Å². The van der Waals surface area contributed by atoms with Crippen LogP contribution in [0.5, 0.6) is 5.75 Å². The Balaban J connectivity index is 0.00000312. The molecule has 1 aromatic heterocycles. The first kappa shape index (κ1) is 21.7. The summed E-state index contributed by atoms with van der Waals surface area (Å²) in [5, 5.41) is 8.64. The first-order valence-corrected chi connectivity index (χ1v) is 9.01. The number of benzene rings is 1. The third-order valence-electron chi connectivity index (χ3n) is 3.38. The Labute approximate surface area is 169 Å². The van der Waals surface area contributed by atoms with Gasteiger partial charge in [0.05, 0.1) is 19.2 Å². The van der Waals surface area contributed by atoms with E-state index in [9.17, 15) is 4.39 Å². The fraction of sp³-hybridized carbons (Fsp3) is 0.389. The van der Waals surface area contributed by atoms with Gasteiger partial charge in [0.25, 0.3) is 0 Å². The summed E-state index contributed by atoms with van der Waals surface area (Å²) >= 11 is 1.70. The van der Waals surface area contributed by atoms with Crippen LogP contribution in [-0.4, -0.2) is 19.1 Å². The number of nitrogens with one attached hydrogen (secondary N) is 2. The number of hydrogen-bond donors (Lipinski definition) is 2. The standard InChI is InChI=1S/C18H24FN3OS.HI/c1-4-20-18(22-13(3)17-7-6-10-24-17)21-12-14-8-9-16(23-5-2)15(19)11-14;/h6-11,13H,4-5,12H2,1-3H3,(H2,20,21,22);1H. The van der Waals surface area contributed by atoms with Gasteiger partial charge in [-0.15, -0.1) is 35.3 Å². The van der Waals surface area contributed by atoms with Crippen molar-refractivity contribution in [2.75, 3.05) is 13.2 Å². The largest absolute Gasteiger partial charge is 0.491 e. The van der Waals surface area contributed by atoms with Crippen LogP contribution in [0.1, 0.15) is 37.3 Å². The molecule has 0 fully saturated rings. The predicted molar refractivity (Wildman–Crippen MR) is 114 cm³/mol. The Hall–Kier alpha value is -1.35. The fourth-order valence-electron chi connectivity index (χ4n) is 2.22. The molecule has 0 spiro atoms. The van der Waals surface area contributed by atoms with Gasteiger partial charge < -0.3 is 15.4 Å². The number of aliphatic imine (C=N–C) groups is 1. The topological polar surface area (TPSA) is 45.7 Å². The molecule has 0 bridgehead atoms. The van der Waals surface area contributed by atoms with Crippen molar-refractivity contribution in [1.82, 2.24) is 10.6 Å². The molecule has 0 radical (unpaired) electrons. The third kappa shape index (κ3) is 6.81. The SMILES string of the molecule is CCNC(=NCc1ccc(OCC)c(F)c1)NC(C)c1cccs1.I. The molecule has 1 aromatic carbocycles. The Kier molecular flexibility index (Phi) is 9.81. The second kappa shape index (κ2) is 11.3. The molecule has 2 aromatic rings.